The number of rotatable bonds is 7. The van der Waals surface area contributed by atoms with Crippen LogP contribution in [0, 0.1) is 11.3 Å². The molecule has 1 fully saturated rings. The molecule has 1 amide bonds. The fourth-order valence-electron chi connectivity index (χ4n) is 4.23. The SMILES string of the molecule is CC1C(C(F)(F)F)=NC(C(C)(C(N)=O)C2Nc3ccccc3S2)=NC1NCCN1CCOCC1. The summed E-state index contributed by atoms with van der Waals surface area (Å²) in [6.07, 6.45) is -5.56. The minimum Gasteiger partial charge on any atom is -0.379 e. The van der Waals surface area contributed by atoms with Gasteiger partial charge in [-0.2, -0.15) is 13.2 Å². The van der Waals surface area contributed by atoms with Gasteiger partial charge in [0.1, 0.15) is 23.1 Å². The number of hydrogen-bond donors (Lipinski definition) is 3. The van der Waals surface area contributed by atoms with Crippen LogP contribution in [-0.4, -0.2) is 79.5 Å². The highest BCUT2D eigenvalue weighted by Gasteiger charge is 2.52. The van der Waals surface area contributed by atoms with Gasteiger partial charge in [-0.15, -0.1) is 0 Å². The highest BCUT2D eigenvalue weighted by Crippen LogP contribution is 2.47. The number of nitrogens with one attached hydrogen (secondary N) is 2. The third kappa shape index (κ3) is 4.95. The lowest BCUT2D eigenvalue weighted by Gasteiger charge is -2.37. The van der Waals surface area contributed by atoms with E-state index in [1.165, 1.54) is 25.6 Å². The maximum Gasteiger partial charge on any atom is 0.429 e. The number of nitrogens with two attached hydrogens (primary N) is 1. The van der Waals surface area contributed by atoms with Crippen molar-refractivity contribution in [3.63, 3.8) is 0 Å². The molecule has 0 aromatic heterocycles. The molecule has 1 aromatic carbocycles. The zero-order valence-corrected chi connectivity index (χ0v) is 19.9. The number of amidine groups is 1. The van der Waals surface area contributed by atoms with Crippen molar-refractivity contribution in [2.75, 3.05) is 44.7 Å². The van der Waals surface area contributed by atoms with Gasteiger partial charge in [0.05, 0.1) is 18.6 Å². The summed E-state index contributed by atoms with van der Waals surface area (Å²) in [6, 6.07) is 7.41. The monoisotopic (exact) mass is 498 g/mol. The van der Waals surface area contributed by atoms with Crippen molar-refractivity contribution in [1.29, 1.82) is 0 Å². The van der Waals surface area contributed by atoms with Crippen molar-refractivity contribution >= 4 is 34.9 Å². The summed E-state index contributed by atoms with van der Waals surface area (Å²) in [5.41, 5.74) is 4.03. The van der Waals surface area contributed by atoms with E-state index >= 15 is 0 Å². The lowest BCUT2D eigenvalue weighted by molar-refractivity contribution is -0.123. The molecule has 8 nitrogen and oxygen atoms in total. The number of fused-ring (bicyclic) bond motifs is 1. The standard InChI is InChI=1S/C22H29F3N6O2S/c1-13-16(22(23,24)25)29-19(30-17(13)27-7-8-31-9-11-33-12-10-31)21(2,18(26)32)20-28-14-5-3-4-6-15(14)34-20/h3-6,13,17,20,27-28H,7-12H2,1-2H3,(H2,26,32). The Bertz CT molecular complexity index is 957. The number of alkyl halides is 3. The van der Waals surface area contributed by atoms with Crippen LogP contribution >= 0.6 is 11.8 Å². The number of benzene rings is 1. The summed E-state index contributed by atoms with van der Waals surface area (Å²) in [6.45, 7) is 6.86. The Labute approximate surface area is 200 Å². The maximum atomic E-state index is 14.0. The first kappa shape index (κ1) is 25.0. The summed E-state index contributed by atoms with van der Waals surface area (Å²) in [7, 11) is 0. The van der Waals surface area contributed by atoms with Crippen molar-refractivity contribution in [3.8, 4) is 0 Å². The van der Waals surface area contributed by atoms with Crippen LogP contribution in [0.1, 0.15) is 13.8 Å². The van der Waals surface area contributed by atoms with Crippen LogP contribution < -0.4 is 16.4 Å². The molecule has 0 aliphatic carbocycles. The summed E-state index contributed by atoms with van der Waals surface area (Å²) in [5.74, 6) is -2.03. The van der Waals surface area contributed by atoms with Gasteiger partial charge in [0, 0.05) is 42.7 Å². The number of carbonyl (C=O) groups excluding carboxylic acids is 1. The number of primary amides is 1. The Morgan fingerprint density at radius 1 is 1.32 bits per heavy atom. The summed E-state index contributed by atoms with van der Waals surface area (Å²) in [4.78, 5) is 24.2. The molecule has 4 rings (SSSR count). The normalized spacial score (nSPS) is 27.3. The van der Waals surface area contributed by atoms with E-state index in [1.807, 2.05) is 24.3 Å². The van der Waals surface area contributed by atoms with Gasteiger partial charge in [-0.05, 0) is 19.1 Å². The molecule has 0 bridgehead atoms. The largest absolute Gasteiger partial charge is 0.429 e. The molecular formula is C22H29F3N6O2S. The second-order valence-corrected chi connectivity index (χ2v) is 9.94. The summed E-state index contributed by atoms with van der Waals surface area (Å²) >= 11 is 1.33. The molecule has 3 aliphatic rings. The molecule has 3 aliphatic heterocycles. The maximum absolute atomic E-state index is 14.0. The number of halogens is 3. The van der Waals surface area contributed by atoms with E-state index in [0.717, 1.165) is 23.7 Å². The Kier molecular flexibility index (Phi) is 7.22. The molecule has 1 saturated heterocycles. The lowest BCUT2D eigenvalue weighted by Crippen LogP contribution is -2.55. The molecular weight excluding hydrogens is 469 g/mol. The number of morpholine rings is 1. The zero-order chi connectivity index (χ0) is 24.5. The molecule has 4 N–H and O–H groups in total. The predicted molar refractivity (Wildman–Crippen MR) is 126 cm³/mol. The molecule has 0 spiro atoms. The van der Waals surface area contributed by atoms with Gasteiger partial charge in [-0.1, -0.05) is 30.8 Å². The Morgan fingerprint density at radius 3 is 2.68 bits per heavy atom. The van der Waals surface area contributed by atoms with Crippen LogP contribution in [-0.2, 0) is 9.53 Å². The molecule has 4 unspecified atom stereocenters. The van der Waals surface area contributed by atoms with E-state index in [1.54, 1.807) is 0 Å². The second kappa shape index (κ2) is 9.84. The third-order valence-corrected chi connectivity index (χ3v) is 7.92. The van der Waals surface area contributed by atoms with E-state index in [2.05, 4.69) is 25.5 Å². The lowest BCUT2D eigenvalue weighted by atomic mass is 9.85. The van der Waals surface area contributed by atoms with E-state index in [0.29, 0.717) is 26.3 Å². The van der Waals surface area contributed by atoms with Crippen molar-refractivity contribution in [2.24, 2.45) is 27.1 Å². The van der Waals surface area contributed by atoms with Crippen molar-refractivity contribution in [1.82, 2.24) is 10.2 Å². The van der Waals surface area contributed by atoms with Gasteiger partial charge >= 0.3 is 6.18 Å². The van der Waals surface area contributed by atoms with Gasteiger partial charge in [0.15, 0.2) is 0 Å². The number of ether oxygens (including phenoxy) is 1. The van der Waals surface area contributed by atoms with E-state index in [4.69, 9.17) is 10.5 Å². The smallest absolute Gasteiger partial charge is 0.379 e. The minimum absolute atomic E-state index is 0.216. The minimum atomic E-state index is -4.66. The Morgan fingerprint density at radius 2 is 2.03 bits per heavy atom. The third-order valence-electron chi connectivity index (χ3n) is 6.49. The highest BCUT2D eigenvalue weighted by atomic mass is 32.2. The number of carbonyl (C=O) groups is 1. The number of thioether (sulfide) groups is 1. The average Bonchev–Trinajstić information content (AvgIpc) is 3.24. The van der Waals surface area contributed by atoms with Crippen molar-refractivity contribution < 1.29 is 22.7 Å². The van der Waals surface area contributed by atoms with Gasteiger partial charge in [0.25, 0.3) is 0 Å². The summed E-state index contributed by atoms with van der Waals surface area (Å²) in [5, 5.41) is 5.70. The molecule has 34 heavy (non-hydrogen) atoms. The molecule has 1 aromatic rings. The quantitative estimate of drug-likeness (QED) is 0.533. The van der Waals surface area contributed by atoms with E-state index in [9.17, 15) is 18.0 Å². The first-order chi connectivity index (χ1) is 16.1. The molecule has 4 atom stereocenters. The van der Waals surface area contributed by atoms with Gasteiger partial charge in [0.2, 0.25) is 5.91 Å². The van der Waals surface area contributed by atoms with Gasteiger partial charge in [-0.3, -0.25) is 15.0 Å². The number of para-hydroxylation sites is 1. The molecule has 186 valence electrons. The van der Waals surface area contributed by atoms with E-state index < -0.39 is 40.7 Å². The van der Waals surface area contributed by atoms with Crippen molar-refractivity contribution in [3.05, 3.63) is 24.3 Å². The van der Waals surface area contributed by atoms with Gasteiger partial charge < -0.3 is 15.8 Å². The van der Waals surface area contributed by atoms with Crippen molar-refractivity contribution in [2.45, 2.75) is 36.5 Å². The Balaban J connectivity index is 1.61. The summed E-state index contributed by atoms with van der Waals surface area (Å²) < 4.78 is 47.2. The molecule has 0 saturated carbocycles. The average molecular weight is 499 g/mol. The first-order valence-corrected chi connectivity index (χ1v) is 12.1. The second-order valence-electron chi connectivity index (χ2n) is 8.79. The zero-order valence-electron chi connectivity index (χ0n) is 19.1. The van der Waals surface area contributed by atoms with E-state index in [-0.39, 0.29) is 5.84 Å². The first-order valence-electron chi connectivity index (χ1n) is 11.2. The number of aliphatic imine (C=N–C) groups is 2. The number of amides is 1. The number of anilines is 1. The van der Waals surface area contributed by atoms with Crippen LogP contribution in [0.5, 0.6) is 0 Å². The van der Waals surface area contributed by atoms with Gasteiger partial charge in [-0.25, -0.2) is 9.98 Å². The molecule has 0 radical (unpaired) electrons. The van der Waals surface area contributed by atoms with Crippen LogP contribution in [0.15, 0.2) is 39.1 Å². The molecule has 3 heterocycles. The highest BCUT2D eigenvalue weighted by molar-refractivity contribution is 8.00. The Hall–Kier alpha value is -2.15. The number of hydrogen-bond acceptors (Lipinski definition) is 8. The fraction of sp³-hybridized carbons (Fsp3) is 0.591. The fourth-order valence-corrected chi connectivity index (χ4v) is 5.54. The topological polar surface area (TPSA) is 104 Å². The molecule has 12 heteroatoms. The van der Waals surface area contributed by atoms with Crippen LogP contribution in [0.2, 0.25) is 0 Å². The number of nitrogens with zero attached hydrogens (tertiary/aromatic N) is 3. The van der Waals surface area contributed by atoms with Crippen LogP contribution in [0.25, 0.3) is 0 Å². The van der Waals surface area contributed by atoms with Crippen LogP contribution in [0.3, 0.4) is 0 Å². The predicted octanol–water partition coefficient (Wildman–Crippen LogP) is 2.32. The van der Waals surface area contributed by atoms with Crippen LogP contribution in [0.4, 0.5) is 18.9 Å².